The molecule has 2 aliphatic rings. The Hall–Kier alpha value is -0.320. The van der Waals surface area contributed by atoms with E-state index in [1.165, 1.54) is 0 Å². The van der Waals surface area contributed by atoms with Gasteiger partial charge in [-0.25, -0.2) is 0 Å². The zero-order chi connectivity index (χ0) is 10.1. The van der Waals surface area contributed by atoms with Gasteiger partial charge in [-0.15, -0.1) is 12.4 Å². The highest BCUT2D eigenvalue weighted by molar-refractivity contribution is 5.85. The molecule has 0 aromatic carbocycles. The Morgan fingerprint density at radius 2 is 2.00 bits per heavy atom. The third-order valence-electron chi connectivity index (χ3n) is 3.46. The molecular weight excluding hydrogens is 214 g/mol. The molecule has 0 spiro atoms. The summed E-state index contributed by atoms with van der Waals surface area (Å²) in [6.45, 7) is 5.90. The Kier molecular flexibility index (Phi) is 4.37. The Morgan fingerprint density at radius 3 is 2.47 bits per heavy atom. The Labute approximate surface area is 97.0 Å². The van der Waals surface area contributed by atoms with E-state index >= 15 is 0 Å². The summed E-state index contributed by atoms with van der Waals surface area (Å²) < 4.78 is 0. The third kappa shape index (κ3) is 2.44. The number of rotatable bonds is 2. The molecule has 0 saturated carbocycles. The molecule has 0 aromatic rings. The van der Waals surface area contributed by atoms with Gasteiger partial charge in [0.25, 0.3) is 0 Å². The molecule has 0 aliphatic carbocycles. The van der Waals surface area contributed by atoms with E-state index in [1.54, 1.807) is 0 Å². The number of halogens is 1. The normalized spacial score (nSPS) is 30.9. The van der Waals surface area contributed by atoms with Crippen molar-refractivity contribution in [2.45, 2.75) is 19.4 Å². The van der Waals surface area contributed by atoms with E-state index in [0.29, 0.717) is 11.8 Å². The van der Waals surface area contributed by atoms with Gasteiger partial charge in [0.15, 0.2) is 0 Å². The molecular formula is C10H20ClN3O. The molecule has 2 fully saturated rings. The minimum atomic E-state index is -0.290. The molecule has 0 bridgehead atoms. The molecule has 5 heteroatoms. The lowest BCUT2D eigenvalue weighted by Crippen LogP contribution is -2.43. The van der Waals surface area contributed by atoms with Crippen LogP contribution in [0.1, 0.15) is 13.3 Å². The molecule has 88 valence electrons. The number of nitrogens with one attached hydrogen (secondary N) is 1. The fourth-order valence-electron chi connectivity index (χ4n) is 2.44. The third-order valence-corrected chi connectivity index (χ3v) is 3.46. The summed E-state index contributed by atoms with van der Waals surface area (Å²) in [4.78, 5) is 13.7. The second kappa shape index (κ2) is 5.14. The number of carbonyl (C=O) groups is 1. The van der Waals surface area contributed by atoms with Gasteiger partial charge in [0, 0.05) is 26.2 Å². The molecule has 4 nitrogen and oxygen atoms in total. The number of carbonyl (C=O) groups excluding carboxylic acids is 1. The van der Waals surface area contributed by atoms with Crippen LogP contribution < -0.4 is 11.1 Å². The molecule has 2 rings (SSSR count). The number of likely N-dealkylation sites (tertiary alicyclic amines) is 1. The van der Waals surface area contributed by atoms with E-state index < -0.39 is 0 Å². The van der Waals surface area contributed by atoms with Crippen LogP contribution in [0.3, 0.4) is 0 Å². The van der Waals surface area contributed by atoms with Crippen molar-refractivity contribution in [3.05, 3.63) is 0 Å². The second-order valence-corrected chi connectivity index (χ2v) is 4.44. The highest BCUT2D eigenvalue weighted by atomic mass is 35.5. The zero-order valence-corrected chi connectivity index (χ0v) is 9.93. The Morgan fingerprint density at radius 1 is 1.47 bits per heavy atom. The fraction of sp³-hybridized carbons (Fsp3) is 0.900. The van der Waals surface area contributed by atoms with Crippen LogP contribution in [0.5, 0.6) is 0 Å². The lowest BCUT2D eigenvalue weighted by Gasteiger charge is -2.20. The Bertz CT molecular complexity index is 225. The SMILES string of the molecule is CC[C@@H](N)C(=O)N1C[C@H]2CNC[C@H]2C1.Cl. The quantitative estimate of drug-likeness (QED) is 0.696. The van der Waals surface area contributed by atoms with Crippen LogP contribution >= 0.6 is 12.4 Å². The molecule has 2 heterocycles. The average Bonchev–Trinajstić information content (AvgIpc) is 2.74. The summed E-state index contributed by atoms with van der Waals surface area (Å²) in [6.07, 6.45) is 0.739. The van der Waals surface area contributed by atoms with E-state index in [9.17, 15) is 4.79 Å². The van der Waals surface area contributed by atoms with Gasteiger partial charge in [0.05, 0.1) is 6.04 Å². The van der Waals surface area contributed by atoms with Gasteiger partial charge in [-0.05, 0) is 18.3 Å². The van der Waals surface area contributed by atoms with Gasteiger partial charge in [-0.3, -0.25) is 4.79 Å². The smallest absolute Gasteiger partial charge is 0.239 e. The van der Waals surface area contributed by atoms with Gasteiger partial charge in [-0.1, -0.05) is 6.92 Å². The molecule has 2 saturated heterocycles. The van der Waals surface area contributed by atoms with Crippen LogP contribution in [0.15, 0.2) is 0 Å². The van der Waals surface area contributed by atoms with Crippen molar-refractivity contribution in [3.63, 3.8) is 0 Å². The van der Waals surface area contributed by atoms with E-state index in [4.69, 9.17) is 5.73 Å². The molecule has 0 aromatic heterocycles. The molecule has 2 aliphatic heterocycles. The minimum absolute atomic E-state index is 0. The van der Waals surface area contributed by atoms with E-state index in [0.717, 1.165) is 32.6 Å². The maximum absolute atomic E-state index is 11.8. The summed E-state index contributed by atoms with van der Waals surface area (Å²) in [7, 11) is 0. The van der Waals surface area contributed by atoms with Gasteiger partial charge >= 0.3 is 0 Å². The molecule has 0 unspecified atom stereocenters. The molecule has 3 N–H and O–H groups in total. The number of nitrogens with zero attached hydrogens (tertiary/aromatic N) is 1. The number of amides is 1. The molecule has 3 atom stereocenters. The number of nitrogens with two attached hydrogens (primary N) is 1. The van der Waals surface area contributed by atoms with Gasteiger partial charge in [0.2, 0.25) is 5.91 Å². The maximum atomic E-state index is 11.8. The van der Waals surface area contributed by atoms with E-state index in [1.807, 2.05) is 11.8 Å². The number of hydrogen-bond acceptors (Lipinski definition) is 3. The van der Waals surface area contributed by atoms with Crippen molar-refractivity contribution in [1.82, 2.24) is 10.2 Å². The van der Waals surface area contributed by atoms with E-state index in [-0.39, 0.29) is 24.4 Å². The number of hydrogen-bond donors (Lipinski definition) is 2. The Balaban J connectivity index is 0.00000112. The van der Waals surface area contributed by atoms with E-state index in [2.05, 4.69) is 5.32 Å². The highest BCUT2D eigenvalue weighted by Crippen LogP contribution is 2.26. The maximum Gasteiger partial charge on any atom is 0.239 e. The summed E-state index contributed by atoms with van der Waals surface area (Å²) in [5.74, 6) is 1.48. The van der Waals surface area contributed by atoms with Crippen molar-refractivity contribution in [3.8, 4) is 0 Å². The topological polar surface area (TPSA) is 58.4 Å². The van der Waals surface area contributed by atoms with Crippen molar-refractivity contribution in [2.24, 2.45) is 17.6 Å². The molecule has 0 radical (unpaired) electrons. The summed E-state index contributed by atoms with van der Waals surface area (Å²) in [5, 5.41) is 3.36. The monoisotopic (exact) mass is 233 g/mol. The average molecular weight is 234 g/mol. The highest BCUT2D eigenvalue weighted by Gasteiger charge is 2.38. The van der Waals surface area contributed by atoms with Crippen LogP contribution in [0.4, 0.5) is 0 Å². The lowest BCUT2D eigenvalue weighted by atomic mass is 10.0. The second-order valence-electron chi connectivity index (χ2n) is 4.44. The fourth-order valence-corrected chi connectivity index (χ4v) is 2.44. The first kappa shape index (κ1) is 12.7. The summed E-state index contributed by atoms with van der Waals surface area (Å²) >= 11 is 0. The van der Waals surface area contributed by atoms with Crippen molar-refractivity contribution >= 4 is 18.3 Å². The minimum Gasteiger partial charge on any atom is -0.341 e. The van der Waals surface area contributed by atoms with Gasteiger partial charge < -0.3 is 16.0 Å². The first-order valence-electron chi connectivity index (χ1n) is 5.47. The zero-order valence-electron chi connectivity index (χ0n) is 9.11. The predicted molar refractivity (Wildman–Crippen MR) is 61.9 cm³/mol. The van der Waals surface area contributed by atoms with Gasteiger partial charge in [-0.2, -0.15) is 0 Å². The van der Waals surface area contributed by atoms with Crippen molar-refractivity contribution in [2.75, 3.05) is 26.2 Å². The van der Waals surface area contributed by atoms with Crippen LogP contribution in [0.25, 0.3) is 0 Å². The van der Waals surface area contributed by atoms with Gasteiger partial charge in [0.1, 0.15) is 0 Å². The standard InChI is InChI=1S/C10H19N3O.ClH/c1-2-9(11)10(14)13-5-7-3-12-4-8(7)6-13;/h7-9,12H,2-6,11H2,1H3;1H/t7-,8+,9-;/m1./s1. The van der Waals surface area contributed by atoms with Crippen molar-refractivity contribution in [1.29, 1.82) is 0 Å². The first-order chi connectivity index (χ1) is 6.72. The largest absolute Gasteiger partial charge is 0.341 e. The summed E-state index contributed by atoms with van der Waals surface area (Å²) in [5.41, 5.74) is 5.74. The number of fused-ring (bicyclic) bond motifs is 1. The van der Waals surface area contributed by atoms with Crippen LogP contribution in [-0.2, 0) is 4.79 Å². The van der Waals surface area contributed by atoms with Crippen LogP contribution in [0.2, 0.25) is 0 Å². The predicted octanol–water partition coefficient (Wildman–Crippen LogP) is -0.177. The molecule has 15 heavy (non-hydrogen) atoms. The first-order valence-corrected chi connectivity index (χ1v) is 5.47. The summed E-state index contributed by atoms with van der Waals surface area (Å²) in [6, 6.07) is -0.290. The lowest BCUT2D eigenvalue weighted by molar-refractivity contribution is -0.131. The van der Waals surface area contributed by atoms with Crippen molar-refractivity contribution < 1.29 is 4.79 Å². The molecule has 1 amide bonds. The van der Waals surface area contributed by atoms with Crippen LogP contribution in [0, 0.1) is 11.8 Å². The van der Waals surface area contributed by atoms with Crippen LogP contribution in [-0.4, -0.2) is 43.0 Å².